The quantitative estimate of drug-likeness (QED) is 0.711. The molecule has 4 heteroatoms. The van der Waals surface area contributed by atoms with Gasteiger partial charge in [0.2, 0.25) is 0 Å². The van der Waals surface area contributed by atoms with Crippen molar-refractivity contribution < 1.29 is 9.63 Å². The van der Waals surface area contributed by atoms with Gasteiger partial charge in [-0.05, 0) is 46.9 Å². The number of aromatic nitrogens is 1. The molecule has 0 aliphatic rings. The molecule has 126 valence electrons. The molecule has 0 saturated heterocycles. The molecule has 0 amide bonds. The minimum atomic E-state index is -0.567. The average Bonchev–Trinajstić information content (AvgIpc) is 2.67. The summed E-state index contributed by atoms with van der Waals surface area (Å²) in [5.74, 6) is 4.90. The van der Waals surface area contributed by atoms with Crippen molar-refractivity contribution in [1.82, 2.24) is 4.98 Å². The van der Waals surface area contributed by atoms with Crippen LogP contribution in [0.5, 0.6) is 0 Å². The Bertz CT molecular complexity index is 886. The fourth-order valence-electron chi connectivity index (χ4n) is 2.70. The van der Waals surface area contributed by atoms with Crippen LogP contribution >= 0.6 is 0 Å². The molecule has 0 radical (unpaired) electrons. The first-order chi connectivity index (χ1) is 12.1. The van der Waals surface area contributed by atoms with E-state index >= 15 is 0 Å². The molecule has 0 bridgehead atoms. The number of hydrogen-bond acceptors (Lipinski definition) is 4. The largest absolute Gasteiger partial charge is 0.370 e. The van der Waals surface area contributed by atoms with Crippen LogP contribution in [0, 0.1) is 0 Å². The van der Waals surface area contributed by atoms with Gasteiger partial charge < -0.3 is 4.84 Å². The highest BCUT2D eigenvalue weighted by Gasteiger charge is 2.09. The summed E-state index contributed by atoms with van der Waals surface area (Å²) in [4.78, 5) is 20.3. The van der Waals surface area contributed by atoms with Gasteiger partial charge in [0.15, 0.2) is 0 Å². The third-order valence-electron chi connectivity index (χ3n) is 4.17. The first kappa shape index (κ1) is 16.9. The average molecular weight is 332 g/mol. The van der Waals surface area contributed by atoms with E-state index in [0.29, 0.717) is 11.5 Å². The number of carbonyl (C=O) groups excluding carboxylic acids is 1. The molecular formula is C21H20N2O2. The van der Waals surface area contributed by atoms with E-state index in [9.17, 15) is 4.79 Å². The highest BCUT2D eigenvalue weighted by atomic mass is 16.7. The Balaban J connectivity index is 1.95. The van der Waals surface area contributed by atoms with Crippen LogP contribution in [0.15, 0.2) is 66.9 Å². The third kappa shape index (κ3) is 3.75. The van der Waals surface area contributed by atoms with Gasteiger partial charge in [-0.25, -0.2) is 4.79 Å². The van der Waals surface area contributed by atoms with Crippen LogP contribution in [0.25, 0.3) is 22.4 Å². The molecule has 2 N–H and O–H groups in total. The summed E-state index contributed by atoms with van der Waals surface area (Å²) in [6.07, 6.45) is 1.77. The molecule has 0 atom stereocenters. The molecule has 0 aliphatic heterocycles. The Labute approximate surface area is 147 Å². The Morgan fingerprint density at radius 1 is 0.960 bits per heavy atom. The van der Waals surface area contributed by atoms with Crippen molar-refractivity contribution in [3.05, 3.63) is 78.0 Å². The van der Waals surface area contributed by atoms with Crippen LogP contribution in [-0.2, 0) is 4.84 Å². The molecule has 0 aliphatic carbocycles. The van der Waals surface area contributed by atoms with Crippen molar-refractivity contribution in [2.45, 2.75) is 19.8 Å². The lowest BCUT2D eigenvalue weighted by atomic mass is 9.98. The molecule has 1 heterocycles. The predicted molar refractivity (Wildman–Crippen MR) is 98.8 cm³/mol. The first-order valence-electron chi connectivity index (χ1n) is 8.16. The second kappa shape index (κ2) is 7.28. The maximum Gasteiger partial charge on any atom is 0.356 e. The van der Waals surface area contributed by atoms with Crippen molar-refractivity contribution in [3.63, 3.8) is 0 Å². The van der Waals surface area contributed by atoms with E-state index in [1.54, 1.807) is 24.4 Å². The molecule has 0 spiro atoms. The van der Waals surface area contributed by atoms with Crippen LogP contribution in [-0.4, -0.2) is 11.0 Å². The van der Waals surface area contributed by atoms with Crippen LogP contribution in [0.1, 0.15) is 35.7 Å². The van der Waals surface area contributed by atoms with Crippen molar-refractivity contribution >= 4 is 5.97 Å². The second-order valence-corrected chi connectivity index (χ2v) is 6.19. The molecule has 4 nitrogen and oxygen atoms in total. The predicted octanol–water partition coefficient (Wildman–Crippen LogP) is 4.57. The maximum atomic E-state index is 11.6. The lowest BCUT2D eigenvalue weighted by molar-refractivity contribution is 0.0503. The zero-order valence-corrected chi connectivity index (χ0v) is 14.3. The lowest BCUT2D eigenvalue weighted by Crippen LogP contribution is -2.09. The van der Waals surface area contributed by atoms with Gasteiger partial charge in [-0.1, -0.05) is 50.2 Å². The topological polar surface area (TPSA) is 65.2 Å². The summed E-state index contributed by atoms with van der Waals surface area (Å²) < 4.78 is 0. The van der Waals surface area contributed by atoms with Gasteiger partial charge in [-0.3, -0.25) is 4.98 Å². The molecule has 0 unspecified atom stereocenters. The SMILES string of the molecule is CC(C)c1ccc(-c2ccnc(-c3cccc(C(=O)ON)c3)c2)cc1. The number of hydrogen-bond donors (Lipinski definition) is 1. The Morgan fingerprint density at radius 2 is 1.72 bits per heavy atom. The number of benzene rings is 2. The van der Waals surface area contributed by atoms with Crippen molar-refractivity contribution in [3.8, 4) is 22.4 Å². The Kier molecular flexibility index (Phi) is 4.91. The normalized spacial score (nSPS) is 10.7. The van der Waals surface area contributed by atoms with Crippen molar-refractivity contribution in [1.29, 1.82) is 0 Å². The molecule has 25 heavy (non-hydrogen) atoms. The van der Waals surface area contributed by atoms with Gasteiger partial charge in [-0.2, -0.15) is 5.90 Å². The molecule has 1 aromatic heterocycles. The maximum absolute atomic E-state index is 11.6. The molecule has 3 rings (SSSR count). The zero-order chi connectivity index (χ0) is 17.8. The van der Waals surface area contributed by atoms with E-state index in [1.165, 1.54) is 5.56 Å². The van der Waals surface area contributed by atoms with Gasteiger partial charge in [0.1, 0.15) is 0 Å². The summed E-state index contributed by atoms with van der Waals surface area (Å²) in [5, 5.41) is 0. The smallest absolute Gasteiger partial charge is 0.356 e. The Morgan fingerprint density at radius 3 is 2.40 bits per heavy atom. The van der Waals surface area contributed by atoms with Gasteiger partial charge in [0.25, 0.3) is 0 Å². The van der Waals surface area contributed by atoms with E-state index in [0.717, 1.165) is 22.4 Å². The van der Waals surface area contributed by atoms with E-state index in [1.807, 2.05) is 18.2 Å². The fourth-order valence-corrected chi connectivity index (χ4v) is 2.70. The van der Waals surface area contributed by atoms with Crippen LogP contribution in [0.4, 0.5) is 0 Å². The molecule has 3 aromatic rings. The highest BCUT2D eigenvalue weighted by molar-refractivity contribution is 5.90. The summed E-state index contributed by atoms with van der Waals surface area (Å²) in [7, 11) is 0. The van der Waals surface area contributed by atoms with Gasteiger partial charge >= 0.3 is 5.97 Å². The van der Waals surface area contributed by atoms with E-state index in [2.05, 4.69) is 47.9 Å². The minimum Gasteiger partial charge on any atom is -0.370 e. The minimum absolute atomic E-state index is 0.397. The van der Waals surface area contributed by atoms with Crippen LogP contribution in [0.3, 0.4) is 0 Å². The molecule has 0 fully saturated rings. The number of pyridine rings is 1. The number of rotatable bonds is 4. The number of nitrogens with zero attached hydrogens (tertiary/aromatic N) is 1. The van der Waals surface area contributed by atoms with E-state index in [4.69, 9.17) is 5.90 Å². The summed E-state index contributed by atoms with van der Waals surface area (Å²) in [6.45, 7) is 4.36. The second-order valence-electron chi connectivity index (χ2n) is 6.19. The Hall–Kier alpha value is -2.98. The fraction of sp³-hybridized carbons (Fsp3) is 0.143. The standard InChI is InChI=1S/C21H20N2O2/c1-14(2)15-6-8-16(9-7-15)17-10-11-23-20(13-17)18-4-3-5-19(12-18)21(24)25-22/h3-14H,22H2,1-2H3. The van der Waals surface area contributed by atoms with Gasteiger partial charge in [0, 0.05) is 11.8 Å². The van der Waals surface area contributed by atoms with Gasteiger partial charge in [-0.15, -0.1) is 0 Å². The van der Waals surface area contributed by atoms with Crippen molar-refractivity contribution in [2.24, 2.45) is 5.90 Å². The summed E-state index contributed by atoms with van der Waals surface area (Å²) in [5.41, 5.74) is 5.54. The summed E-state index contributed by atoms with van der Waals surface area (Å²) in [6, 6.07) is 19.6. The molecule has 0 saturated carbocycles. The monoisotopic (exact) mass is 332 g/mol. The highest BCUT2D eigenvalue weighted by Crippen LogP contribution is 2.26. The van der Waals surface area contributed by atoms with E-state index < -0.39 is 5.97 Å². The number of carbonyl (C=O) groups is 1. The first-order valence-corrected chi connectivity index (χ1v) is 8.16. The molecular weight excluding hydrogens is 312 g/mol. The summed E-state index contributed by atoms with van der Waals surface area (Å²) >= 11 is 0. The van der Waals surface area contributed by atoms with Crippen LogP contribution in [0.2, 0.25) is 0 Å². The van der Waals surface area contributed by atoms with Gasteiger partial charge in [0.05, 0.1) is 11.3 Å². The zero-order valence-electron chi connectivity index (χ0n) is 14.3. The van der Waals surface area contributed by atoms with Crippen molar-refractivity contribution in [2.75, 3.05) is 0 Å². The molecule has 2 aromatic carbocycles. The third-order valence-corrected chi connectivity index (χ3v) is 4.17. The van der Waals surface area contributed by atoms with Crippen LogP contribution < -0.4 is 5.90 Å². The lowest BCUT2D eigenvalue weighted by Gasteiger charge is -2.09. The van der Waals surface area contributed by atoms with E-state index in [-0.39, 0.29) is 0 Å². The number of nitrogens with two attached hydrogens (primary N) is 1.